The van der Waals surface area contributed by atoms with E-state index >= 15 is 0 Å². The molecule has 0 amide bonds. The maximum atomic E-state index is 11.4. The number of esters is 1. The minimum Gasteiger partial charge on any atom is -0.423 e. The van der Waals surface area contributed by atoms with Crippen molar-refractivity contribution in [3.63, 3.8) is 0 Å². The first kappa shape index (κ1) is 13.9. The fraction of sp³-hybridized carbons (Fsp3) is 0.118. The quantitative estimate of drug-likeness (QED) is 0.477. The number of rotatable bonds is 4. The van der Waals surface area contributed by atoms with Gasteiger partial charge in [0.15, 0.2) is 0 Å². The van der Waals surface area contributed by atoms with Crippen LogP contribution in [-0.4, -0.2) is 13.0 Å². The zero-order valence-electron chi connectivity index (χ0n) is 11.7. The summed E-state index contributed by atoms with van der Waals surface area (Å²) in [6.45, 7) is 5.18. The summed E-state index contributed by atoms with van der Waals surface area (Å²) in [7, 11) is 1.99. The number of ether oxygens (including phenoxy) is 1. The van der Waals surface area contributed by atoms with Gasteiger partial charge in [-0.05, 0) is 43.3 Å². The highest BCUT2D eigenvalue weighted by Crippen LogP contribution is 2.25. The normalized spacial score (nSPS) is 9.90. The van der Waals surface area contributed by atoms with Gasteiger partial charge >= 0.3 is 5.97 Å². The highest BCUT2D eigenvalue weighted by molar-refractivity contribution is 5.88. The van der Waals surface area contributed by atoms with Gasteiger partial charge in [0.1, 0.15) is 5.75 Å². The van der Waals surface area contributed by atoms with E-state index in [-0.39, 0.29) is 0 Å². The van der Waals surface area contributed by atoms with Gasteiger partial charge in [-0.25, -0.2) is 4.79 Å². The van der Waals surface area contributed by atoms with Crippen molar-refractivity contribution >= 4 is 17.3 Å². The van der Waals surface area contributed by atoms with Crippen LogP contribution in [0.15, 0.2) is 66.7 Å². The number of nitrogens with zero attached hydrogens (tertiary/aromatic N) is 1. The van der Waals surface area contributed by atoms with Crippen LogP contribution in [0, 0.1) is 0 Å². The van der Waals surface area contributed by atoms with Crippen molar-refractivity contribution < 1.29 is 9.53 Å². The zero-order chi connectivity index (χ0) is 14.5. The van der Waals surface area contributed by atoms with Crippen molar-refractivity contribution in [3.05, 3.63) is 66.7 Å². The zero-order valence-corrected chi connectivity index (χ0v) is 11.7. The lowest BCUT2D eigenvalue weighted by Crippen LogP contribution is -2.10. The van der Waals surface area contributed by atoms with Gasteiger partial charge in [-0.3, -0.25) is 0 Å². The number of carbonyl (C=O) groups is 1. The summed E-state index contributed by atoms with van der Waals surface area (Å²) in [6, 6.07) is 17.4. The molecule has 0 aromatic heterocycles. The summed E-state index contributed by atoms with van der Waals surface area (Å²) in [6.07, 6.45) is 0. The molecule has 0 bridgehead atoms. The molecule has 0 spiro atoms. The maximum absolute atomic E-state index is 11.4. The Labute approximate surface area is 119 Å². The first-order valence-electron chi connectivity index (χ1n) is 6.34. The highest BCUT2D eigenvalue weighted by Gasteiger charge is 2.07. The van der Waals surface area contributed by atoms with Crippen LogP contribution < -0.4 is 9.64 Å². The summed E-state index contributed by atoms with van der Waals surface area (Å²) in [5.41, 5.74) is 2.50. The molecule has 2 aromatic rings. The first-order chi connectivity index (χ1) is 9.58. The fourth-order valence-electron chi connectivity index (χ4n) is 1.73. The summed E-state index contributed by atoms with van der Waals surface area (Å²) in [5.74, 6) is 0.109. The lowest BCUT2D eigenvalue weighted by molar-refractivity contribution is -0.130. The largest absolute Gasteiger partial charge is 0.423 e. The van der Waals surface area contributed by atoms with Crippen molar-refractivity contribution in [1.82, 2.24) is 0 Å². The van der Waals surface area contributed by atoms with E-state index in [0.29, 0.717) is 11.3 Å². The molecule has 0 atom stereocenters. The van der Waals surface area contributed by atoms with E-state index < -0.39 is 5.97 Å². The van der Waals surface area contributed by atoms with Crippen LogP contribution in [0.2, 0.25) is 0 Å². The lowest BCUT2D eigenvalue weighted by Gasteiger charge is -2.19. The molecule has 0 aliphatic carbocycles. The summed E-state index contributed by atoms with van der Waals surface area (Å²) in [5, 5.41) is 0. The van der Waals surface area contributed by atoms with Crippen LogP contribution in [0.3, 0.4) is 0 Å². The molecule has 0 fully saturated rings. The Morgan fingerprint density at radius 3 is 2.10 bits per heavy atom. The Kier molecular flexibility index (Phi) is 4.20. The lowest BCUT2D eigenvalue weighted by atomic mass is 10.2. The summed E-state index contributed by atoms with van der Waals surface area (Å²) in [4.78, 5) is 13.5. The molecule has 3 nitrogen and oxygen atoms in total. The second-order valence-electron chi connectivity index (χ2n) is 4.56. The van der Waals surface area contributed by atoms with Crippen molar-refractivity contribution in [2.75, 3.05) is 11.9 Å². The van der Waals surface area contributed by atoms with Gasteiger partial charge in [-0.1, -0.05) is 24.8 Å². The molecule has 0 saturated heterocycles. The second kappa shape index (κ2) is 6.06. The Balaban J connectivity index is 2.12. The van der Waals surface area contributed by atoms with E-state index in [1.165, 1.54) is 0 Å². The summed E-state index contributed by atoms with van der Waals surface area (Å²) < 4.78 is 5.16. The van der Waals surface area contributed by atoms with E-state index in [0.717, 1.165) is 11.4 Å². The van der Waals surface area contributed by atoms with Gasteiger partial charge in [0.05, 0.1) is 0 Å². The monoisotopic (exact) mass is 267 g/mol. The molecule has 0 aliphatic heterocycles. The smallest absolute Gasteiger partial charge is 0.338 e. The van der Waals surface area contributed by atoms with E-state index in [2.05, 4.69) is 11.5 Å². The number of hydrogen-bond donors (Lipinski definition) is 0. The fourth-order valence-corrected chi connectivity index (χ4v) is 1.73. The standard InChI is InChI=1S/C17H17NO2/c1-13(2)17(19)20-16-11-9-15(10-12-16)18(3)14-7-5-4-6-8-14/h4-12H,1H2,2-3H3. The first-order valence-corrected chi connectivity index (χ1v) is 6.34. The van der Waals surface area contributed by atoms with Crippen molar-refractivity contribution in [2.24, 2.45) is 0 Å². The molecule has 0 heterocycles. The second-order valence-corrected chi connectivity index (χ2v) is 4.56. The predicted octanol–water partition coefficient (Wildman–Crippen LogP) is 3.94. The maximum Gasteiger partial charge on any atom is 0.338 e. The van der Waals surface area contributed by atoms with Crippen LogP contribution in [0.4, 0.5) is 11.4 Å². The Morgan fingerprint density at radius 2 is 1.55 bits per heavy atom. The Hall–Kier alpha value is -2.55. The average molecular weight is 267 g/mol. The minimum absolute atomic E-state index is 0.385. The molecule has 20 heavy (non-hydrogen) atoms. The van der Waals surface area contributed by atoms with Gasteiger partial charge < -0.3 is 9.64 Å². The molecule has 3 heteroatoms. The van der Waals surface area contributed by atoms with Gasteiger partial charge in [-0.15, -0.1) is 0 Å². The van der Waals surface area contributed by atoms with Crippen LogP contribution in [-0.2, 0) is 4.79 Å². The molecule has 0 unspecified atom stereocenters. The third-order valence-corrected chi connectivity index (χ3v) is 2.93. The van der Waals surface area contributed by atoms with E-state index in [1.54, 1.807) is 19.1 Å². The Bertz CT molecular complexity index is 603. The summed E-state index contributed by atoms with van der Waals surface area (Å²) >= 11 is 0. The van der Waals surface area contributed by atoms with Crippen LogP contribution in [0.25, 0.3) is 0 Å². The van der Waals surface area contributed by atoms with Crippen LogP contribution in [0.1, 0.15) is 6.92 Å². The topological polar surface area (TPSA) is 29.5 Å². The van der Waals surface area contributed by atoms with E-state index in [9.17, 15) is 4.79 Å². The van der Waals surface area contributed by atoms with E-state index in [4.69, 9.17) is 4.74 Å². The van der Waals surface area contributed by atoms with Crippen molar-refractivity contribution in [2.45, 2.75) is 6.92 Å². The third-order valence-electron chi connectivity index (χ3n) is 2.93. The van der Waals surface area contributed by atoms with E-state index in [1.807, 2.05) is 49.5 Å². The van der Waals surface area contributed by atoms with Gasteiger partial charge in [0.2, 0.25) is 0 Å². The molecule has 2 aromatic carbocycles. The molecule has 0 saturated carbocycles. The molecule has 102 valence electrons. The average Bonchev–Trinajstić information content (AvgIpc) is 2.48. The molecule has 0 aliphatic rings. The number of hydrogen-bond acceptors (Lipinski definition) is 3. The number of benzene rings is 2. The molecule has 0 radical (unpaired) electrons. The number of para-hydroxylation sites is 1. The highest BCUT2D eigenvalue weighted by atomic mass is 16.5. The SMILES string of the molecule is C=C(C)C(=O)Oc1ccc(N(C)c2ccccc2)cc1. The molecular weight excluding hydrogens is 250 g/mol. The third kappa shape index (κ3) is 3.26. The van der Waals surface area contributed by atoms with Crippen LogP contribution >= 0.6 is 0 Å². The number of carbonyl (C=O) groups excluding carboxylic acids is 1. The number of anilines is 2. The van der Waals surface area contributed by atoms with Crippen molar-refractivity contribution in [1.29, 1.82) is 0 Å². The van der Waals surface area contributed by atoms with Gasteiger partial charge in [0.25, 0.3) is 0 Å². The van der Waals surface area contributed by atoms with Crippen LogP contribution in [0.5, 0.6) is 5.75 Å². The Morgan fingerprint density at radius 1 is 1.00 bits per heavy atom. The minimum atomic E-state index is -0.408. The molecule has 0 N–H and O–H groups in total. The molecular formula is C17H17NO2. The predicted molar refractivity (Wildman–Crippen MR) is 81.4 cm³/mol. The van der Waals surface area contributed by atoms with Gasteiger partial charge in [0, 0.05) is 24.0 Å². The molecule has 2 rings (SSSR count). The van der Waals surface area contributed by atoms with Gasteiger partial charge in [-0.2, -0.15) is 0 Å². The van der Waals surface area contributed by atoms with Crippen molar-refractivity contribution in [3.8, 4) is 5.75 Å².